The van der Waals surface area contributed by atoms with Crippen LogP contribution in [0.3, 0.4) is 0 Å². The van der Waals surface area contributed by atoms with Gasteiger partial charge < -0.3 is 14.2 Å². The molecule has 15 heteroatoms. The van der Waals surface area contributed by atoms with E-state index in [9.17, 15) is 26.4 Å². The first-order chi connectivity index (χ1) is 20.1. The number of ether oxygens (including phenoxy) is 3. The van der Waals surface area contributed by atoms with Crippen LogP contribution in [0.15, 0.2) is 93.8 Å². The van der Waals surface area contributed by atoms with Crippen LogP contribution in [0.4, 0.5) is 4.79 Å². The Morgan fingerprint density at radius 1 is 0.857 bits per heavy atom. The number of hydrogen-bond donors (Lipinski definition) is 1. The van der Waals surface area contributed by atoms with Gasteiger partial charge in [0.25, 0.3) is 5.91 Å². The Morgan fingerprint density at radius 3 is 2.07 bits per heavy atom. The molecule has 1 saturated heterocycles. The number of nitrogens with one attached hydrogen (secondary N) is 1. The Labute approximate surface area is 243 Å². The van der Waals surface area contributed by atoms with Gasteiger partial charge in [-0.3, -0.25) is 4.79 Å². The number of rotatable bonds is 9. The monoisotopic (exact) mass is 616 g/mol. The summed E-state index contributed by atoms with van der Waals surface area (Å²) in [5, 5.41) is 3.93. The summed E-state index contributed by atoms with van der Waals surface area (Å²) in [5.74, 6) is -0.560. The molecule has 0 spiro atoms. The lowest BCUT2D eigenvalue weighted by atomic mass is 10.2. The summed E-state index contributed by atoms with van der Waals surface area (Å²) in [5.41, 5.74) is 2.76. The molecule has 1 fully saturated rings. The number of piperazine rings is 1. The summed E-state index contributed by atoms with van der Waals surface area (Å²) in [6.45, 7) is -0.849. The van der Waals surface area contributed by atoms with E-state index >= 15 is 0 Å². The minimum atomic E-state index is -4.16. The third-order valence-electron chi connectivity index (χ3n) is 6.26. The third kappa shape index (κ3) is 6.76. The zero-order chi connectivity index (χ0) is 30.3. The average molecular weight is 617 g/mol. The maximum Gasteiger partial charge on any atom is 0.513 e. The molecule has 0 aliphatic carbocycles. The Morgan fingerprint density at radius 2 is 1.48 bits per heavy atom. The van der Waals surface area contributed by atoms with Crippen LogP contribution in [0.25, 0.3) is 0 Å². The van der Waals surface area contributed by atoms with Crippen LogP contribution in [0.2, 0.25) is 0 Å². The highest BCUT2D eigenvalue weighted by atomic mass is 32.2. The zero-order valence-corrected chi connectivity index (χ0v) is 24.2. The molecule has 0 unspecified atom stereocenters. The predicted molar refractivity (Wildman–Crippen MR) is 151 cm³/mol. The number of methoxy groups -OCH3 is 2. The lowest BCUT2D eigenvalue weighted by Gasteiger charge is -2.38. The number of hydrogen-bond acceptors (Lipinski definition) is 10. The van der Waals surface area contributed by atoms with Gasteiger partial charge in [0.15, 0.2) is 11.5 Å². The number of carbonyl (C=O) groups is 2. The number of nitrogens with zero attached hydrogens (tertiary/aromatic N) is 3. The standard InChI is InChI=1S/C27H28N4O9S2/c1-38-25-17-20(13-14-24(25)40-27(33)39-2)18-28-29-26(32)23-19-30(41(34,35)21-9-5-3-6-10-21)15-16-31(23)42(36,37)22-11-7-4-8-12-22/h3-14,17-18,23H,15-16,19H2,1-2H3,(H,29,32)/b28-18-/t23-/m0/s1. The molecule has 1 N–H and O–H groups in total. The van der Waals surface area contributed by atoms with E-state index < -0.39 is 44.7 Å². The van der Waals surface area contributed by atoms with Crippen LogP contribution in [-0.4, -0.2) is 83.6 Å². The van der Waals surface area contributed by atoms with Gasteiger partial charge >= 0.3 is 6.16 Å². The molecular weight excluding hydrogens is 588 g/mol. The maximum absolute atomic E-state index is 13.5. The van der Waals surface area contributed by atoms with Crippen molar-refractivity contribution in [2.45, 2.75) is 15.8 Å². The van der Waals surface area contributed by atoms with E-state index in [1.54, 1.807) is 36.4 Å². The zero-order valence-electron chi connectivity index (χ0n) is 22.6. The number of hydrazone groups is 1. The molecule has 0 aromatic heterocycles. The molecule has 1 amide bonds. The van der Waals surface area contributed by atoms with Crippen molar-refractivity contribution in [1.29, 1.82) is 0 Å². The van der Waals surface area contributed by atoms with Gasteiger partial charge in [0.1, 0.15) is 6.04 Å². The molecule has 1 heterocycles. The fraction of sp³-hybridized carbons (Fsp3) is 0.222. The number of amides is 1. The molecular formula is C27H28N4O9S2. The molecule has 1 atom stereocenters. The lowest BCUT2D eigenvalue weighted by Crippen LogP contribution is -2.60. The molecule has 1 aliphatic heterocycles. The number of carbonyl (C=O) groups excluding carboxylic acids is 2. The topological polar surface area (TPSA) is 161 Å². The van der Waals surface area contributed by atoms with Gasteiger partial charge in [0.2, 0.25) is 20.0 Å². The summed E-state index contributed by atoms with van der Waals surface area (Å²) >= 11 is 0. The van der Waals surface area contributed by atoms with Crippen molar-refractivity contribution in [3.63, 3.8) is 0 Å². The largest absolute Gasteiger partial charge is 0.513 e. The SMILES string of the molecule is COC(=O)Oc1ccc(/C=N\NC(=O)[C@@H]2CN(S(=O)(=O)c3ccccc3)CCN2S(=O)(=O)c2ccccc2)cc1OC. The van der Waals surface area contributed by atoms with E-state index in [1.165, 1.54) is 55.8 Å². The van der Waals surface area contributed by atoms with Crippen LogP contribution < -0.4 is 14.9 Å². The Kier molecular flexibility index (Phi) is 9.57. The second kappa shape index (κ2) is 13.1. The number of sulfonamides is 2. The minimum Gasteiger partial charge on any atom is -0.493 e. The van der Waals surface area contributed by atoms with Crippen LogP contribution in [0, 0.1) is 0 Å². The Bertz CT molecular complexity index is 1670. The lowest BCUT2D eigenvalue weighted by molar-refractivity contribution is -0.125. The summed E-state index contributed by atoms with van der Waals surface area (Å²) in [6.07, 6.45) is 0.326. The molecule has 13 nitrogen and oxygen atoms in total. The first-order valence-corrected chi connectivity index (χ1v) is 15.3. The van der Waals surface area contributed by atoms with E-state index in [0.29, 0.717) is 5.56 Å². The van der Waals surface area contributed by atoms with E-state index in [1.807, 2.05) is 0 Å². The fourth-order valence-corrected chi connectivity index (χ4v) is 7.21. The molecule has 3 aromatic carbocycles. The van der Waals surface area contributed by atoms with Gasteiger partial charge in [-0.15, -0.1) is 0 Å². The van der Waals surface area contributed by atoms with Crippen molar-refractivity contribution in [3.05, 3.63) is 84.4 Å². The Balaban J connectivity index is 1.58. The molecule has 1 aliphatic rings. The van der Waals surface area contributed by atoms with Gasteiger partial charge in [-0.1, -0.05) is 36.4 Å². The maximum atomic E-state index is 13.5. The van der Waals surface area contributed by atoms with E-state index in [-0.39, 0.29) is 34.4 Å². The van der Waals surface area contributed by atoms with Crippen LogP contribution in [0.5, 0.6) is 11.5 Å². The van der Waals surface area contributed by atoms with Crippen molar-refractivity contribution in [1.82, 2.24) is 14.0 Å². The summed E-state index contributed by atoms with van der Waals surface area (Å²) in [6, 6.07) is 18.3. The Hall–Kier alpha value is -4.31. The van der Waals surface area contributed by atoms with Crippen LogP contribution in [-0.2, 0) is 29.6 Å². The second-order valence-corrected chi connectivity index (χ2v) is 12.6. The van der Waals surface area contributed by atoms with Gasteiger partial charge in [0.05, 0.1) is 30.2 Å². The normalized spacial score (nSPS) is 16.6. The van der Waals surface area contributed by atoms with Crippen LogP contribution >= 0.6 is 0 Å². The first kappa shape index (κ1) is 30.6. The molecule has 4 rings (SSSR count). The molecule has 42 heavy (non-hydrogen) atoms. The smallest absolute Gasteiger partial charge is 0.493 e. The van der Waals surface area contributed by atoms with Crippen molar-refractivity contribution in [2.75, 3.05) is 33.9 Å². The molecule has 3 aromatic rings. The molecule has 222 valence electrons. The average Bonchev–Trinajstić information content (AvgIpc) is 3.02. The second-order valence-electron chi connectivity index (χ2n) is 8.82. The summed E-state index contributed by atoms with van der Waals surface area (Å²) in [4.78, 5) is 24.8. The molecule has 0 radical (unpaired) electrons. The summed E-state index contributed by atoms with van der Waals surface area (Å²) in [7, 11) is -5.65. The number of benzene rings is 3. The predicted octanol–water partition coefficient (Wildman–Crippen LogP) is 2.05. The van der Waals surface area contributed by atoms with Crippen molar-refractivity contribution in [2.24, 2.45) is 5.10 Å². The highest BCUT2D eigenvalue weighted by Gasteiger charge is 2.43. The van der Waals surface area contributed by atoms with Crippen LogP contribution in [0.1, 0.15) is 5.56 Å². The highest BCUT2D eigenvalue weighted by molar-refractivity contribution is 7.89. The van der Waals surface area contributed by atoms with E-state index in [2.05, 4.69) is 15.3 Å². The van der Waals surface area contributed by atoms with Gasteiger partial charge in [-0.25, -0.2) is 27.1 Å². The van der Waals surface area contributed by atoms with Gasteiger partial charge in [-0.2, -0.15) is 13.7 Å². The quantitative estimate of drug-likeness (QED) is 0.164. The van der Waals surface area contributed by atoms with E-state index in [0.717, 1.165) is 15.7 Å². The third-order valence-corrected chi connectivity index (χ3v) is 10.1. The fourth-order valence-electron chi connectivity index (χ4n) is 4.16. The first-order valence-electron chi connectivity index (χ1n) is 12.5. The van der Waals surface area contributed by atoms with Crippen molar-refractivity contribution < 1.29 is 40.6 Å². The van der Waals surface area contributed by atoms with Crippen molar-refractivity contribution >= 4 is 38.3 Å². The summed E-state index contributed by atoms with van der Waals surface area (Å²) < 4.78 is 70.3. The van der Waals surface area contributed by atoms with Gasteiger partial charge in [0, 0.05) is 19.6 Å². The molecule has 0 saturated carbocycles. The van der Waals surface area contributed by atoms with Gasteiger partial charge in [-0.05, 0) is 48.0 Å². The van der Waals surface area contributed by atoms with Crippen molar-refractivity contribution in [3.8, 4) is 11.5 Å². The molecule has 0 bridgehead atoms. The highest BCUT2D eigenvalue weighted by Crippen LogP contribution is 2.28. The van der Waals surface area contributed by atoms with E-state index in [4.69, 9.17) is 9.47 Å². The minimum absolute atomic E-state index is 0.0233.